The Bertz CT molecular complexity index is 641. The van der Waals surface area contributed by atoms with E-state index in [-0.39, 0.29) is 17.5 Å². The molecule has 0 fully saturated rings. The van der Waals surface area contributed by atoms with E-state index < -0.39 is 17.7 Å². The van der Waals surface area contributed by atoms with Gasteiger partial charge in [-0.05, 0) is 33.8 Å². The highest BCUT2D eigenvalue weighted by atomic mass is 19.4. The summed E-state index contributed by atoms with van der Waals surface area (Å²) in [5.41, 5.74) is -0.519. The van der Waals surface area contributed by atoms with Crippen molar-refractivity contribution in [2.45, 2.75) is 40.0 Å². The van der Waals surface area contributed by atoms with Gasteiger partial charge >= 0.3 is 12.1 Å². The van der Waals surface area contributed by atoms with Crippen LogP contribution in [0.3, 0.4) is 0 Å². The molecule has 0 N–H and O–H groups in total. The van der Waals surface area contributed by atoms with Crippen molar-refractivity contribution in [2.24, 2.45) is 0 Å². The minimum absolute atomic E-state index is 0.123. The number of nitrogens with zero attached hydrogens (tertiary/aromatic N) is 3. The average Bonchev–Trinajstić information content (AvgIpc) is 2.89. The van der Waals surface area contributed by atoms with Crippen LogP contribution in [0.15, 0.2) is 30.1 Å². The molecule has 0 aliphatic heterocycles. The zero-order chi connectivity index (χ0) is 17.6. The summed E-state index contributed by atoms with van der Waals surface area (Å²) >= 11 is 0. The molecule has 0 radical (unpaired) electrons. The lowest BCUT2D eigenvalue weighted by molar-refractivity contribution is -0.141. The molecule has 5 nitrogen and oxygen atoms in total. The van der Waals surface area contributed by atoms with Crippen LogP contribution in [0.5, 0.6) is 0 Å². The molecule has 23 heavy (non-hydrogen) atoms. The third-order valence-electron chi connectivity index (χ3n) is 2.61. The second-order valence-corrected chi connectivity index (χ2v) is 4.92. The second kappa shape index (κ2) is 7.75. The van der Waals surface area contributed by atoms with Crippen molar-refractivity contribution < 1.29 is 22.7 Å². The monoisotopic (exact) mass is 329 g/mol. The molecule has 0 aliphatic carbocycles. The minimum atomic E-state index is -4.41. The van der Waals surface area contributed by atoms with Crippen LogP contribution in [0.2, 0.25) is 0 Å². The van der Waals surface area contributed by atoms with Crippen LogP contribution in [0.25, 0.3) is 11.8 Å². The van der Waals surface area contributed by atoms with Crippen LogP contribution in [0, 0.1) is 0 Å². The number of ether oxygens (including phenoxy) is 1. The van der Waals surface area contributed by atoms with Crippen molar-refractivity contribution >= 4 is 17.7 Å². The normalized spacial score (nSPS) is 13.9. The summed E-state index contributed by atoms with van der Waals surface area (Å²) in [6.45, 7) is 5.99. The fraction of sp³-hybridized carbons (Fsp3) is 0.400. The SMILES string of the molecule is CC=C(C=C(C)C(F)(F)F)c1ncn(C=CC(=O)OC(C)C)n1. The van der Waals surface area contributed by atoms with E-state index in [4.69, 9.17) is 4.74 Å². The van der Waals surface area contributed by atoms with E-state index in [1.807, 2.05) is 0 Å². The average molecular weight is 329 g/mol. The lowest BCUT2D eigenvalue weighted by atomic mass is 10.1. The molecule has 0 bridgehead atoms. The Morgan fingerprint density at radius 3 is 2.57 bits per heavy atom. The largest absolute Gasteiger partial charge is 0.460 e. The first kappa shape index (κ1) is 18.7. The predicted octanol–water partition coefficient (Wildman–Crippen LogP) is 3.61. The third-order valence-corrected chi connectivity index (χ3v) is 2.61. The Morgan fingerprint density at radius 1 is 1.39 bits per heavy atom. The van der Waals surface area contributed by atoms with Crippen molar-refractivity contribution in [3.05, 3.63) is 36.0 Å². The Labute approximate surface area is 132 Å². The Balaban J connectivity index is 2.90. The van der Waals surface area contributed by atoms with Gasteiger partial charge in [0, 0.05) is 23.4 Å². The molecule has 1 heterocycles. The van der Waals surface area contributed by atoms with Crippen molar-refractivity contribution in [3.63, 3.8) is 0 Å². The number of carbonyl (C=O) groups is 1. The predicted molar refractivity (Wildman–Crippen MR) is 80.0 cm³/mol. The molecular formula is C15H18F3N3O2. The molecule has 1 aromatic heterocycles. The molecule has 1 aromatic rings. The van der Waals surface area contributed by atoms with Gasteiger partial charge in [0.1, 0.15) is 6.33 Å². The quantitative estimate of drug-likeness (QED) is 0.470. The number of rotatable bonds is 5. The fourth-order valence-corrected chi connectivity index (χ4v) is 1.48. The Kier molecular flexibility index (Phi) is 6.29. The van der Waals surface area contributed by atoms with Crippen molar-refractivity contribution in [1.29, 1.82) is 0 Å². The molecule has 1 rings (SSSR count). The van der Waals surface area contributed by atoms with E-state index in [1.165, 1.54) is 23.3 Å². The van der Waals surface area contributed by atoms with Crippen molar-refractivity contribution in [1.82, 2.24) is 14.8 Å². The Hall–Kier alpha value is -2.38. The van der Waals surface area contributed by atoms with Crippen molar-refractivity contribution in [2.75, 3.05) is 0 Å². The highest BCUT2D eigenvalue weighted by molar-refractivity contribution is 5.85. The maximum Gasteiger partial charge on any atom is 0.412 e. The highest BCUT2D eigenvalue weighted by Crippen LogP contribution is 2.27. The molecule has 0 spiro atoms. The number of aromatic nitrogens is 3. The first-order valence-corrected chi connectivity index (χ1v) is 6.85. The van der Waals surface area contributed by atoms with Crippen LogP contribution in [0.1, 0.15) is 33.5 Å². The summed E-state index contributed by atoms with van der Waals surface area (Å²) in [5, 5.41) is 4.00. The van der Waals surface area contributed by atoms with E-state index in [0.717, 1.165) is 19.1 Å². The third kappa shape index (κ3) is 6.09. The van der Waals surface area contributed by atoms with Gasteiger partial charge in [0.05, 0.1) is 6.10 Å². The molecule has 126 valence electrons. The summed E-state index contributed by atoms with van der Waals surface area (Å²) in [7, 11) is 0. The van der Waals surface area contributed by atoms with Gasteiger partial charge in [-0.1, -0.05) is 6.08 Å². The van der Waals surface area contributed by atoms with Crippen LogP contribution < -0.4 is 0 Å². The molecule has 0 aromatic carbocycles. The van der Waals surface area contributed by atoms with E-state index in [1.54, 1.807) is 20.8 Å². The van der Waals surface area contributed by atoms with Gasteiger partial charge in [0.2, 0.25) is 0 Å². The van der Waals surface area contributed by atoms with E-state index >= 15 is 0 Å². The van der Waals surface area contributed by atoms with Gasteiger partial charge in [0.25, 0.3) is 0 Å². The number of esters is 1. The van der Waals surface area contributed by atoms with Gasteiger partial charge in [-0.25, -0.2) is 14.5 Å². The number of halogens is 3. The minimum Gasteiger partial charge on any atom is -0.460 e. The maximum absolute atomic E-state index is 12.6. The van der Waals surface area contributed by atoms with Gasteiger partial charge < -0.3 is 4.74 Å². The summed E-state index contributed by atoms with van der Waals surface area (Å²) in [5.74, 6) is -0.422. The maximum atomic E-state index is 12.6. The number of alkyl halides is 3. The summed E-state index contributed by atoms with van der Waals surface area (Å²) < 4.78 is 43.9. The molecule has 0 saturated carbocycles. The molecule has 0 atom stereocenters. The van der Waals surface area contributed by atoms with Crippen LogP contribution >= 0.6 is 0 Å². The summed E-state index contributed by atoms with van der Waals surface area (Å²) in [6.07, 6.45) is 1.55. The topological polar surface area (TPSA) is 57.0 Å². The lowest BCUT2D eigenvalue weighted by Crippen LogP contribution is -2.09. The first-order chi connectivity index (χ1) is 10.6. The molecule has 0 amide bonds. The number of hydrogen-bond acceptors (Lipinski definition) is 4. The van der Waals surface area contributed by atoms with Crippen LogP contribution in [0.4, 0.5) is 13.2 Å². The van der Waals surface area contributed by atoms with Crippen molar-refractivity contribution in [3.8, 4) is 0 Å². The molecule has 0 unspecified atom stereocenters. The number of allylic oxidation sites excluding steroid dienone is 4. The van der Waals surface area contributed by atoms with Crippen LogP contribution in [-0.4, -0.2) is 33.0 Å². The second-order valence-electron chi connectivity index (χ2n) is 4.92. The zero-order valence-corrected chi connectivity index (χ0v) is 13.3. The molecular weight excluding hydrogens is 311 g/mol. The Morgan fingerprint density at radius 2 is 2.04 bits per heavy atom. The van der Waals surface area contributed by atoms with Gasteiger partial charge in [-0.2, -0.15) is 13.2 Å². The first-order valence-electron chi connectivity index (χ1n) is 6.85. The standard InChI is InChI=1S/C15H18F3N3O2/c1-5-12(8-11(4)15(16,17)18)14-19-9-21(20-14)7-6-13(22)23-10(2)3/h5-10H,1-4H3. The van der Waals surface area contributed by atoms with E-state index in [0.29, 0.717) is 0 Å². The molecule has 8 heteroatoms. The van der Waals surface area contributed by atoms with Crippen LogP contribution in [-0.2, 0) is 9.53 Å². The summed E-state index contributed by atoms with van der Waals surface area (Å²) in [6, 6.07) is 0. The smallest absolute Gasteiger partial charge is 0.412 e. The lowest BCUT2D eigenvalue weighted by Gasteiger charge is -2.06. The highest BCUT2D eigenvalue weighted by Gasteiger charge is 2.30. The fourth-order valence-electron chi connectivity index (χ4n) is 1.48. The van der Waals surface area contributed by atoms with E-state index in [9.17, 15) is 18.0 Å². The van der Waals surface area contributed by atoms with E-state index in [2.05, 4.69) is 10.1 Å². The number of carbonyl (C=O) groups excluding carboxylic acids is 1. The zero-order valence-electron chi connectivity index (χ0n) is 13.3. The molecule has 0 saturated heterocycles. The van der Waals surface area contributed by atoms with Gasteiger partial charge in [-0.15, -0.1) is 5.10 Å². The van der Waals surface area contributed by atoms with Gasteiger partial charge in [0.15, 0.2) is 5.82 Å². The summed E-state index contributed by atoms with van der Waals surface area (Å²) in [4.78, 5) is 15.3. The van der Waals surface area contributed by atoms with Gasteiger partial charge in [-0.3, -0.25) is 0 Å². The molecule has 0 aliphatic rings. The number of hydrogen-bond donors (Lipinski definition) is 0.